The second-order valence-electron chi connectivity index (χ2n) is 6.64. The number of nitrogens with zero attached hydrogens (tertiary/aromatic N) is 3. The first-order valence-electron chi connectivity index (χ1n) is 8.96. The van der Waals surface area contributed by atoms with Crippen LogP contribution in [0.1, 0.15) is 23.2 Å². The molecule has 1 saturated heterocycles. The minimum Gasteiger partial charge on any atom is -0.353 e. The quantitative estimate of drug-likeness (QED) is 0.745. The Morgan fingerprint density at radius 2 is 1.96 bits per heavy atom. The van der Waals surface area contributed by atoms with E-state index >= 15 is 0 Å². The number of carbonyl (C=O) groups is 1. The fraction of sp³-hybridized carbons (Fsp3) is 0.250. The van der Waals surface area contributed by atoms with Crippen LogP contribution in [-0.2, 0) is 0 Å². The number of pyridine rings is 1. The summed E-state index contributed by atoms with van der Waals surface area (Å²) < 4.78 is 13.0. The topological polar surface area (TPSA) is 73.9 Å². The first kappa shape index (κ1) is 17.2. The molecule has 2 N–H and O–H groups in total. The van der Waals surface area contributed by atoms with Crippen molar-refractivity contribution in [2.24, 2.45) is 0 Å². The Kier molecular flexibility index (Phi) is 4.82. The molecule has 1 amide bonds. The van der Waals surface area contributed by atoms with Gasteiger partial charge in [0.1, 0.15) is 5.82 Å². The highest BCUT2D eigenvalue weighted by Gasteiger charge is 2.23. The lowest BCUT2D eigenvalue weighted by Gasteiger charge is -2.33. The Labute approximate surface area is 156 Å². The summed E-state index contributed by atoms with van der Waals surface area (Å²) in [6, 6.07) is 11.5. The number of anilines is 1. The predicted octanol–water partition coefficient (Wildman–Crippen LogP) is 3.01. The molecule has 2 aromatic heterocycles. The van der Waals surface area contributed by atoms with E-state index in [1.807, 2.05) is 18.2 Å². The normalized spacial score (nSPS) is 16.9. The molecule has 1 fully saturated rings. The number of rotatable bonds is 4. The molecule has 0 unspecified atom stereocenters. The van der Waals surface area contributed by atoms with Gasteiger partial charge in [-0.25, -0.2) is 4.39 Å². The number of benzene rings is 1. The van der Waals surface area contributed by atoms with Crippen LogP contribution in [0.5, 0.6) is 0 Å². The third-order valence-corrected chi connectivity index (χ3v) is 4.74. The number of piperidine rings is 1. The van der Waals surface area contributed by atoms with Crippen LogP contribution in [0.15, 0.2) is 54.9 Å². The molecule has 0 aliphatic carbocycles. The fourth-order valence-corrected chi connectivity index (χ4v) is 3.33. The zero-order valence-corrected chi connectivity index (χ0v) is 14.7. The van der Waals surface area contributed by atoms with E-state index in [1.165, 1.54) is 24.3 Å². The number of amides is 1. The number of halogens is 1. The fourth-order valence-electron chi connectivity index (χ4n) is 3.33. The van der Waals surface area contributed by atoms with Crippen LogP contribution in [-0.4, -0.2) is 40.2 Å². The molecule has 27 heavy (non-hydrogen) atoms. The Bertz CT molecular complexity index is 910. The maximum Gasteiger partial charge on any atom is 0.251 e. The number of hydrogen-bond donors (Lipinski definition) is 2. The van der Waals surface area contributed by atoms with Gasteiger partial charge in [-0.15, -0.1) is 0 Å². The van der Waals surface area contributed by atoms with Crippen LogP contribution in [0.3, 0.4) is 0 Å². The highest BCUT2D eigenvalue weighted by Crippen LogP contribution is 2.23. The van der Waals surface area contributed by atoms with Crippen molar-refractivity contribution in [2.45, 2.75) is 18.9 Å². The van der Waals surface area contributed by atoms with Gasteiger partial charge in [-0.2, -0.15) is 5.10 Å². The Morgan fingerprint density at radius 1 is 1.19 bits per heavy atom. The molecule has 0 spiro atoms. The van der Waals surface area contributed by atoms with E-state index < -0.39 is 0 Å². The zero-order chi connectivity index (χ0) is 18.6. The Hall–Kier alpha value is -3.22. The van der Waals surface area contributed by atoms with Crippen LogP contribution in [0.4, 0.5) is 10.2 Å². The number of aromatic amines is 1. The molecule has 1 atom stereocenters. The van der Waals surface area contributed by atoms with Gasteiger partial charge >= 0.3 is 0 Å². The molecule has 3 heterocycles. The van der Waals surface area contributed by atoms with Gasteiger partial charge in [0.25, 0.3) is 5.91 Å². The standard InChI is InChI=1S/C20H20FN5O/c21-16-5-3-15(4-6-16)20(27)23-17-2-1-11-26(13-17)19-12-18(24-25-19)14-7-9-22-10-8-14/h3-10,12,17H,1-2,11,13H2,(H,23,27)(H,24,25)/t17-/m0/s1. The summed E-state index contributed by atoms with van der Waals surface area (Å²) in [6.45, 7) is 1.58. The molecule has 4 rings (SSSR count). The van der Waals surface area contributed by atoms with Crippen LogP contribution < -0.4 is 10.2 Å². The summed E-state index contributed by atoms with van der Waals surface area (Å²) in [5.74, 6) is 0.336. The maximum absolute atomic E-state index is 13.0. The van der Waals surface area contributed by atoms with Crippen molar-refractivity contribution in [1.29, 1.82) is 0 Å². The lowest BCUT2D eigenvalue weighted by atomic mass is 10.0. The molecule has 3 aromatic rings. The van der Waals surface area contributed by atoms with Gasteiger partial charge in [-0.05, 0) is 49.2 Å². The zero-order valence-electron chi connectivity index (χ0n) is 14.7. The van der Waals surface area contributed by atoms with E-state index in [2.05, 4.69) is 25.4 Å². The number of aromatic nitrogens is 3. The lowest BCUT2D eigenvalue weighted by Crippen LogP contribution is -2.48. The van der Waals surface area contributed by atoms with Crippen LogP contribution >= 0.6 is 0 Å². The van der Waals surface area contributed by atoms with Gasteiger partial charge < -0.3 is 10.2 Å². The molecule has 0 radical (unpaired) electrons. The first-order chi connectivity index (χ1) is 13.2. The first-order valence-corrected chi connectivity index (χ1v) is 8.96. The van der Waals surface area contributed by atoms with Gasteiger partial charge in [0.15, 0.2) is 5.82 Å². The van der Waals surface area contributed by atoms with Crippen LogP contribution in [0, 0.1) is 5.82 Å². The second kappa shape index (κ2) is 7.57. The summed E-state index contributed by atoms with van der Waals surface area (Å²) in [4.78, 5) is 18.6. The van der Waals surface area contributed by atoms with E-state index in [0.29, 0.717) is 12.1 Å². The van der Waals surface area contributed by atoms with Crippen LogP contribution in [0.25, 0.3) is 11.3 Å². The molecule has 1 aliphatic heterocycles. The summed E-state index contributed by atoms with van der Waals surface area (Å²) in [5.41, 5.74) is 2.43. The molecule has 1 aromatic carbocycles. The molecular formula is C20H20FN5O. The smallest absolute Gasteiger partial charge is 0.251 e. The van der Waals surface area contributed by atoms with Gasteiger partial charge in [-0.1, -0.05) is 0 Å². The van der Waals surface area contributed by atoms with Gasteiger partial charge in [-0.3, -0.25) is 14.9 Å². The van der Waals surface area contributed by atoms with Crippen molar-refractivity contribution >= 4 is 11.7 Å². The largest absolute Gasteiger partial charge is 0.353 e. The SMILES string of the molecule is O=C(N[C@H]1CCCN(c2cc(-c3ccncc3)[nH]n2)C1)c1ccc(F)cc1. The highest BCUT2D eigenvalue weighted by molar-refractivity contribution is 5.94. The number of H-pyrrole nitrogens is 1. The second-order valence-corrected chi connectivity index (χ2v) is 6.64. The Morgan fingerprint density at radius 3 is 2.74 bits per heavy atom. The van der Waals surface area contributed by atoms with E-state index in [4.69, 9.17) is 0 Å². The molecule has 138 valence electrons. The van der Waals surface area contributed by atoms with Gasteiger partial charge in [0.05, 0.1) is 5.69 Å². The van der Waals surface area contributed by atoms with Gasteiger partial charge in [0.2, 0.25) is 0 Å². The number of hydrogen-bond acceptors (Lipinski definition) is 4. The molecule has 7 heteroatoms. The van der Waals surface area contributed by atoms with Crippen molar-refractivity contribution in [1.82, 2.24) is 20.5 Å². The van der Waals surface area contributed by atoms with E-state index in [0.717, 1.165) is 36.5 Å². The van der Waals surface area contributed by atoms with E-state index in [1.54, 1.807) is 12.4 Å². The number of carbonyl (C=O) groups excluding carboxylic acids is 1. The highest BCUT2D eigenvalue weighted by atomic mass is 19.1. The Balaban J connectivity index is 1.42. The summed E-state index contributed by atoms with van der Waals surface area (Å²) >= 11 is 0. The minimum absolute atomic E-state index is 0.0254. The maximum atomic E-state index is 13.0. The molecule has 0 saturated carbocycles. The van der Waals surface area contributed by atoms with E-state index in [9.17, 15) is 9.18 Å². The summed E-state index contributed by atoms with van der Waals surface area (Å²) in [6.07, 6.45) is 5.37. The van der Waals surface area contributed by atoms with E-state index in [-0.39, 0.29) is 17.8 Å². The van der Waals surface area contributed by atoms with Crippen LogP contribution in [0.2, 0.25) is 0 Å². The predicted molar refractivity (Wildman–Crippen MR) is 101 cm³/mol. The van der Waals surface area contributed by atoms with Crippen molar-refractivity contribution in [3.05, 3.63) is 66.2 Å². The minimum atomic E-state index is -0.348. The van der Waals surface area contributed by atoms with Gasteiger partial charge in [0, 0.05) is 48.7 Å². The average Bonchev–Trinajstić information content (AvgIpc) is 3.20. The monoisotopic (exact) mass is 365 g/mol. The summed E-state index contributed by atoms with van der Waals surface area (Å²) in [5, 5.41) is 10.5. The lowest BCUT2D eigenvalue weighted by molar-refractivity contribution is 0.0933. The molecular weight excluding hydrogens is 345 g/mol. The van der Waals surface area contributed by atoms with Crippen molar-refractivity contribution in [3.8, 4) is 11.3 Å². The third kappa shape index (κ3) is 3.97. The molecule has 1 aliphatic rings. The van der Waals surface area contributed by atoms with Crippen molar-refractivity contribution in [3.63, 3.8) is 0 Å². The molecule has 6 nitrogen and oxygen atoms in total. The summed E-state index contributed by atoms with van der Waals surface area (Å²) in [7, 11) is 0. The average molecular weight is 365 g/mol. The molecule has 0 bridgehead atoms. The number of nitrogens with one attached hydrogen (secondary N) is 2. The third-order valence-electron chi connectivity index (χ3n) is 4.74. The van der Waals surface area contributed by atoms with Crippen molar-refractivity contribution < 1.29 is 9.18 Å². The van der Waals surface area contributed by atoms with Crippen molar-refractivity contribution in [2.75, 3.05) is 18.0 Å².